The number of hydrogen-bond acceptors (Lipinski definition) is 6. The first-order valence-electron chi connectivity index (χ1n) is 8.99. The third kappa shape index (κ3) is 6.06. The maximum absolute atomic E-state index is 12.9. The maximum atomic E-state index is 12.9. The molecule has 0 aliphatic carbocycles. The zero-order valence-electron chi connectivity index (χ0n) is 15.9. The molecule has 2 N–H and O–H groups in total. The van der Waals surface area contributed by atoms with Gasteiger partial charge in [0.15, 0.2) is 0 Å². The van der Waals surface area contributed by atoms with Gasteiger partial charge in [-0.2, -0.15) is 0 Å². The molecular formula is C20H26N4O3. The van der Waals surface area contributed by atoms with Crippen molar-refractivity contribution in [3.63, 3.8) is 0 Å². The Balaban J connectivity index is 2.14. The van der Waals surface area contributed by atoms with Crippen molar-refractivity contribution in [3.05, 3.63) is 54.5 Å². The molecule has 0 spiro atoms. The Labute approximate surface area is 159 Å². The predicted octanol–water partition coefficient (Wildman–Crippen LogP) is 2.20. The number of nitrogens with zero attached hydrogens (tertiary/aromatic N) is 2. The molecule has 2 rings (SSSR count). The number of methoxy groups -OCH3 is 1. The minimum atomic E-state index is -0.764. The first kappa shape index (κ1) is 20.4. The lowest BCUT2D eigenvalue weighted by Gasteiger charge is -2.26. The van der Waals surface area contributed by atoms with E-state index in [1.807, 2.05) is 44.2 Å². The van der Waals surface area contributed by atoms with Gasteiger partial charge in [0.2, 0.25) is 5.91 Å². The molecule has 1 heterocycles. The zero-order chi connectivity index (χ0) is 19.6. The third-order valence-electron chi connectivity index (χ3n) is 4.45. The largest absolute Gasteiger partial charge is 0.467 e. The van der Waals surface area contributed by atoms with Gasteiger partial charge in [-0.3, -0.25) is 9.78 Å². The van der Waals surface area contributed by atoms with Gasteiger partial charge >= 0.3 is 5.97 Å². The molecule has 2 aromatic rings. The van der Waals surface area contributed by atoms with Gasteiger partial charge in [-0.15, -0.1) is 0 Å². The summed E-state index contributed by atoms with van der Waals surface area (Å²) in [4.78, 5) is 33.3. The molecule has 7 heteroatoms. The molecule has 1 amide bonds. The van der Waals surface area contributed by atoms with Gasteiger partial charge in [-0.05, 0) is 11.5 Å². The van der Waals surface area contributed by atoms with Crippen LogP contribution in [0, 0.1) is 5.92 Å². The van der Waals surface area contributed by atoms with E-state index in [1.54, 1.807) is 18.6 Å². The van der Waals surface area contributed by atoms with Crippen LogP contribution < -0.4 is 10.6 Å². The molecular weight excluding hydrogens is 344 g/mol. The summed E-state index contributed by atoms with van der Waals surface area (Å²) < 4.78 is 4.87. The molecule has 0 fully saturated rings. The Morgan fingerprint density at radius 2 is 1.93 bits per heavy atom. The van der Waals surface area contributed by atoms with Crippen molar-refractivity contribution < 1.29 is 14.3 Å². The van der Waals surface area contributed by atoms with Gasteiger partial charge in [0.25, 0.3) is 0 Å². The number of benzene rings is 1. The Hall–Kier alpha value is -2.96. The van der Waals surface area contributed by atoms with E-state index in [9.17, 15) is 9.59 Å². The fraction of sp³-hybridized carbons (Fsp3) is 0.400. The first-order chi connectivity index (χ1) is 13.0. The van der Waals surface area contributed by atoms with Crippen LogP contribution in [0.25, 0.3) is 0 Å². The van der Waals surface area contributed by atoms with Crippen LogP contribution in [0.1, 0.15) is 25.8 Å². The molecule has 0 bridgehead atoms. The average molecular weight is 370 g/mol. The van der Waals surface area contributed by atoms with Gasteiger partial charge in [0.05, 0.1) is 13.3 Å². The highest BCUT2D eigenvalue weighted by atomic mass is 16.5. The standard InChI is InChI=1S/C20H26N4O3/c1-4-14(2)18(24-17-13-21-10-11-22-17)19(25)23-16(20(26)27-3)12-15-8-6-5-7-9-15/h5-11,13-14,16,18H,4,12H2,1-3H3,(H,22,24)(H,23,25). The Morgan fingerprint density at radius 1 is 1.19 bits per heavy atom. The number of carbonyl (C=O) groups is 2. The molecule has 0 radical (unpaired) electrons. The van der Waals surface area contributed by atoms with E-state index in [0.717, 1.165) is 12.0 Å². The SMILES string of the molecule is CCC(C)C(Nc1cnccn1)C(=O)NC(Cc1ccccc1)C(=O)OC. The third-order valence-corrected chi connectivity index (χ3v) is 4.45. The molecule has 144 valence electrons. The minimum Gasteiger partial charge on any atom is -0.467 e. The van der Waals surface area contributed by atoms with Crippen molar-refractivity contribution in [1.82, 2.24) is 15.3 Å². The summed E-state index contributed by atoms with van der Waals surface area (Å²) >= 11 is 0. The molecule has 7 nitrogen and oxygen atoms in total. The normalized spacial score (nSPS) is 13.9. The second-order valence-corrected chi connectivity index (χ2v) is 6.37. The highest BCUT2D eigenvalue weighted by Gasteiger charge is 2.29. The van der Waals surface area contributed by atoms with Crippen LogP contribution in [0.2, 0.25) is 0 Å². The maximum Gasteiger partial charge on any atom is 0.328 e. The lowest BCUT2D eigenvalue weighted by Crippen LogP contribution is -2.51. The number of anilines is 1. The molecule has 0 saturated carbocycles. The fourth-order valence-corrected chi connectivity index (χ4v) is 2.68. The second kappa shape index (κ2) is 10.3. The number of ether oxygens (including phenoxy) is 1. The smallest absolute Gasteiger partial charge is 0.328 e. The highest BCUT2D eigenvalue weighted by molar-refractivity contribution is 5.89. The Morgan fingerprint density at radius 3 is 2.52 bits per heavy atom. The van der Waals surface area contributed by atoms with E-state index >= 15 is 0 Å². The van der Waals surface area contributed by atoms with Gasteiger partial charge in [0, 0.05) is 18.8 Å². The van der Waals surface area contributed by atoms with Crippen LogP contribution in [-0.2, 0) is 20.7 Å². The number of aromatic nitrogens is 2. The lowest BCUT2D eigenvalue weighted by atomic mass is 9.97. The lowest BCUT2D eigenvalue weighted by molar-refractivity contribution is -0.145. The van der Waals surface area contributed by atoms with E-state index in [-0.39, 0.29) is 11.8 Å². The molecule has 27 heavy (non-hydrogen) atoms. The predicted molar refractivity (Wildman–Crippen MR) is 103 cm³/mol. The molecule has 3 unspecified atom stereocenters. The van der Waals surface area contributed by atoms with Crippen LogP contribution >= 0.6 is 0 Å². The van der Waals surface area contributed by atoms with Gasteiger partial charge in [-0.1, -0.05) is 50.6 Å². The number of esters is 1. The molecule has 0 aliphatic rings. The van der Waals surface area contributed by atoms with Crippen LogP contribution in [0.15, 0.2) is 48.9 Å². The van der Waals surface area contributed by atoms with E-state index in [4.69, 9.17) is 4.74 Å². The molecule has 1 aromatic carbocycles. The molecule has 1 aromatic heterocycles. The number of amides is 1. The quantitative estimate of drug-likeness (QED) is 0.658. The number of rotatable bonds is 9. The number of nitrogens with one attached hydrogen (secondary N) is 2. The van der Waals surface area contributed by atoms with Gasteiger partial charge in [0.1, 0.15) is 17.9 Å². The van der Waals surface area contributed by atoms with Gasteiger partial charge < -0.3 is 15.4 Å². The van der Waals surface area contributed by atoms with Crippen LogP contribution in [0.4, 0.5) is 5.82 Å². The van der Waals surface area contributed by atoms with Crippen molar-refractivity contribution in [2.24, 2.45) is 5.92 Å². The van der Waals surface area contributed by atoms with E-state index in [0.29, 0.717) is 12.2 Å². The topological polar surface area (TPSA) is 93.2 Å². The summed E-state index contributed by atoms with van der Waals surface area (Å²) in [6.45, 7) is 3.98. The zero-order valence-corrected chi connectivity index (χ0v) is 15.9. The summed E-state index contributed by atoms with van der Waals surface area (Å²) in [6.07, 6.45) is 5.83. The van der Waals surface area contributed by atoms with Crippen LogP contribution in [0.3, 0.4) is 0 Å². The number of carbonyl (C=O) groups excluding carboxylic acids is 2. The van der Waals surface area contributed by atoms with Crippen molar-refractivity contribution in [2.75, 3.05) is 12.4 Å². The Bertz CT molecular complexity index is 725. The van der Waals surface area contributed by atoms with E-state index < -0.39 is 18.1 Å². The van der Waals surface area contributed by atoms with Crippen molar-refractivity contribution >= 4 is 17.7 Å². The fourth-order valence-electron chi connectivity index (χ4n) is 2.68. The van der Waals surface area contributed by atoms with Crippen molar-refractivity contribution in [1.29, 1.82) is 0 Å². The summed E-state index contributed by atoms with van der Waals surface area (Å²) in [5, 5.41) is 5.95. The molecule has 3 atom stereocenters. The minimum absolute atomic E-state index is 0.0297. The molecule has 0 aliphatic heterocycles. The van der Waals surface area contributed by atoms with Gasteiger partial charge in [-0.25, -0.2) is 9.78 Å². The van der Waals surface area contributed by atoms with Crippen LogP contribution in [-0.4, -0.2) is 41.0 Å². The second-order valence-electron chi connectivity index (χ2n) is 6.37. The van der Waals surface area contributed by atoms with Crippen molar-refractivity contribution in [3.8, 4) is 0 Å². The Kier molecular flexibility index (Phi) is 7.73. The summed E-state index contributed by atoms with van der Waals surface area (Å²) in [5.74, 6) is -0.214. The highest BCUT2D eigenvalue weighted by Crippen LogP contribution is 2.14. The number of hydrogen-bond donors (Lipinski definition) is 2. The summed E-state index contributed by atoms with van der Waals surface area (Å²) in [7, 11) is 1.32. The monoisotopic (exact) mass is 370 g/mol. The molecule has 0 saturated heterocycles. The van der Waals surface area contributed by atoms with Crippen LogP contribution in [0.5, 0.6) is 0 Å². The average Bonchev–Trinajstić information content (AvgIpc) is 2.71. The summed E-state index contributed by atoms with van der Waals surface area (Å²) in [5.41, 5.74) is 0.940. The summed E-state index contributed by atoms with van der Waals surface area (Å²) in [6, 6.07) is 8.19. The van der Waals surface area contributed by atoms with Crippen molar-refractivity contribution in [2.45, 2.75) is 38.8 Å². The van der Waals surface area contributed by atoms with E-state index in [1.165, 1.54) is 7.11 Å². The van der Waals surface area contributed by atoms with E-state index in [2.05, 4.69) is 20.6 Å². The first-order valence-corrected chi connectivity index (χ1v) is 8.99.